The summed E-state index contributed by atoms with van der Waals surface area (Å²) >= 11 is 1.34. The molecule has 0 amide bonds. The van der Waals surface area contributed by atoms with Gasteiger partial charge in [-0.3, -0.25) is 0 Å². The standard InChI is InChI=1S/C12H17NO5S2/c1-18-7-2-8-20(16,17)13-9-11-4-3-10(19-11)5-6-12(14)15/h3-6,13H,2,7-9H2,1H3,(H,14,15). The summed E-state index contributed by atoms with van der Waals surface area (Å²) in [5.41, 5.74) is 0. The monoisotopic (exact) mass is 319 g/mol. The van der Waals surface area contributed by atoms with Crippen molar-refractivity contribution in [2.45, 2.75) is 13.0 Å². The minimum atomic E-state index is -3.30. The van der Waals surface area contributed by atoms with Gasteiger partial charge in [-0.15, -0.1) is 11.3 Å². The first-order chi connectivity index (χ1) is 9.43. The Hall–Kier alpha value is -1.22. The van der Waals surface area contributed by atoms with Crippen LogP contribution in [0.3, 0.4) is 0 Å². The molecule has 0 aliphatic carbocycles. The minimum absolute atomic E-state index is 0.0258. The van der Waals surface area contributed by atoms with Crippen LogP contribution in [0.5, 0.6) is 0 Å². The fourth-order valence-electron chi connectivity index (χ4n) is 1.38. The highest BCUT2D eigenvalue weighted by Crippen LogP contribution is 2.18. The van der Waals surface area contributed by atoms with Gasteiger partial charge in [0.15, 0.2) is 0 Å². The first-order valence-electron chi connectivity index (χ1n) is 5.89. The molecule has 0 spiro atoms. The van der Waals surface area contributed by atoms with Crippen molar-refractivity contribution in [2.24, 2.45) is 0 Å². The first-order valence-corrected chi connectivity index (χ1v) is 8.36. The largest absolute Gasteiger partial charge is 0.478 e. The van der Waals surface area contributed by atoms with Crippen LogP contribution >= 0.6 is 11.3 Å². The van der Waals surface area contributed by atoms with Gasteiger partial charge < -0.3 is 9.84 Å². The van der Waals surface area contributed by atoms with E-state index in [9.17, 15) is 13.2 Å². The second kappa shape index (κ2) is 8.15. The number of aliphatic carboxylic acids is 1. The molecule has 20 heavy (non-hydrogen) atoms. The summed E-state index contributed by atoms with van der Waals surface area (Å²) in [4.78, 5) is 12.0. The number of sulfonamides is 1. The molecule has 1 heterocycles. The smallest absolute Gasteiger partial charge is 0.328 e. The summed E-state index contributed by atoms with van der Waals surface area (Å²) in [5, 5.41) is 8.51. The Labute approximate surface area is 122 Å². The first kappa shape index (κ1) is 16.8. The van der Waals surface area contributed by atoms with E-state index in [1.165, 1.54) is 24.5 Å². The maximum absolute atomic E-state index is 11.6. The van der Waals surface area contributed by atoms with E-state index in [4.69, 9.17) is 9.84 Å². The van der Waals surface area contributed by atoms with Crippen LogP contribution in [-0.2, 0) is 26.1 Å². The van der Waals surface area contributed by atoms with Gasteiger partial charge in [0, 0.05) is 36.1 Å². The van der Waals surface area contributed by atoms with Crippen LogP contribution in [0.15, 0.2) is 18.2 Å². The highest BCUT2D eigenvalue weighted by Gasteiger charge is 2.10. The van der Waals surface area contributed by atoms with Crippen LogP contribution in [0.2, 0.25) is 0 Å². The van der Waals surface area contributed by atoms with Gasteiger partial charge in [0.1, 0.15) is 0 Å². The quantitative estimate of drug-likeness (QED) is 0.529. The average molecular weight is 319 g/mol. The summed E-state index contributed by atoms with van der Waals surface area (Å²) < 4.78 is 30.6. The molecule has 0 aliphatic rings. The highest BCUT2D eigenvalue weighted by atomic mass is 32.2. The zero-order valence-corrected chi connectivity index (χ0v) is 12.7. The number of carboxylic acids is 1. The molecular formula is C12H17NO5S2. The lowest BCUT2D eigenvalue weighted by Crippen LogP contribution is -2.26. The number of ether oxygens (including phenoxy) is 1. The van der Waals surface area contributed by atoms with Crippen molar-refractivity contribution in [1.29, 1.82) is 0 Å². The fraction of sp³-hybridized carbons (Fsp3) is 0.417. The molecule has 0 atom stereocenters. The topological polar surface area (TPSA) is 92.7 Å². The van der Waals surface area contributed by atoms with E-state index in [0.29, 0.717) is 13.0 Å². The number of methoxy groups -OCH3 is 1. The lowest BCUT2D eigenvalue weighted by Gasteiger charge is -2.04. The number of thiophene rings is 1. The molecule has 0 radical (unpaired) electrons. The lowest BCUT2D eigenvalue weighted by molar-refractivity contribution is -0.131. The Morgan fingerprint density at radius 1 is 1.50 bits per heavy atom. The third kappa shape index (κ3) is 6.80. The average Bonchev–Trinajstić information content (AvgIpc) is 2.82. The molecule has 6 nitrogen and oxygen atoms in total. The number of rotatable bonds is 9. The predicted octanol–water partition coefficient (Wildman–Crippen LogP) is 1.30. The van der Waals surface area contributed by atoms with E-state index in [-0.39, 0.29) is 12.3 Å². The second-order valence-corrected chi connectivity index (χ2v) is 7.09. The van der Waals surface area contributed by atoms with Crippen molar-refractivity contribution in [3.8, 4) is 0 Å². The fourth-order valence-corrected chi connectivity index (χ4v) is 3.34. The third-order valence-electron chi connectivity index (χ3n) is 2.30. The van der Waals surface area contributed by atoms with Gasteiger partial charge in [-0.1, -0.05) is 0 Å². The third-order valence-corrected chi connectivity index (χ3v) is 4.76. The number of nitrogens with one attached hydrogen (secondary N) is 1. The van der Waals surface area contributed by atoms with Gasteiger partial charge in [0.25, 0.3) is 0 Å². The van der Waals surface area contributed by atoms with Crippen LogP contribution in [0.25, 0.3) is 6.08 Å². The summed E-state index contributed by atoms with van der Waals surface area (Å²) in [6.07, 6.45) is 2.97. The van der Waals surface area contributed by atoms with Crippen LogP contribution < -0.4 is 4.72 Å². The van der Waals surface area contributed by atoms with E-state index in [1.54, 1.807) is 12.1 Å². The van der Waals surface area contributed by atoms with Crippen molar-refractivity contribution in [3.05, 3.63) is 28.0 Å². The highest BCUT2D eigenvalue weighted by molar-refractivity contribution is 7.89. The molecule has 112 valence electrons. The molecule has 0 saturated carbocycles. The Kier molecular flexibility index (Phi) is 6.86. The van der Waals surface area contributed by atoms with Gasteiger partial charge in [0.05, 0.1) is 5.75 Å². The van der Waals surface area contributed by atoms with Crippen LogP contribution in [0.4, 0.5) is 0 Å². The van der Waals surface area contributed by atoms with Crippen molar-refractivity contribution in [2.75, 3.05) is 19.5 Å². The molecule has 1 aromatic heterocycles. The zero-order chi connectivity index (χ0) is 15.0. The second-order valence-electron chi connectivity index (χ2n) is 3.96. The molecule has 8 heteroatoms. The molecular weight excluding hydrogens is 302 g/mol. The summed E-state index contributed by atoms with van der Waals surface area (Å²) in [7, 11) is -1.78. The van der Waals surface area contributed by atoms with Crippen LogP contribution in [0.1, 0.15) is 16.2 Å². The van der Waals surface area contributed by atoms with E-state index in [1.807, 2.05) is 0 Å². The molecule has 0 unspecified atom stereocenters. The number of carboxylic acid groups (broad SMARTS) is 1. The Balaban J connectivity index is 2.47. The Morgan fingerprint density at radius 2 is 2.25 bits per heavy atom. The SMILES string of the molecule is COCCCS(=O)(=O)NCc1ccc(C=CC(=O)O)s1. The minimum Gasteiger partial charge on any atom is -0.478 e. The Morgan fingerprint density at radius 3 is 2.90 bits per heavy atom. The van der Waals surface area contributed by atoms with E-state index >= 15 is 0 Å². The molecule has 0 aromatic carbocycles. The predicted molar refractivity (Wildman–Crippen MR) is 78.1 cm³/mol. The van der Waals surface area contributed by atoms with Gasteiger partial charge in [-0.2, -0.15) is 0 Å². The zero-order valence-electron chi connectivity index (χ0n) is 11.0. The lowest BCUT2D eigenvalue weighted by atomic mass is 10.4. The van der Waals surface area contributed by atoms with Crippen molar-refractivity contribution in [3.63, 3.8) is 0 Å². The molecule has 0 bridgehead atoms. The summed E-state index contributed by atoms with van der Waals surface area (Å²) in [5.74, 6) is -0.989. The maximum Gasteiger partial charge on any atom is 0.328 e. The van der Waals surface area contributed by atoms with Crippen LogP contribution in [0, 0.1) is 0 Å². The van der Waals surface area contributed by atoms with Gasteiger partial charge in [0.2, 0.25) is 10.0 Å². The van der Waals surface area contributed by atoms with Crippen molar-refractivity contribution >= 4 is 33.4 Å². The van der Waals surface area contributed by atoms with E-state index < -0.39 is 16.0 Å². The molecule has 2 N–H and O–H groups in total. The molecule has 0 saturated heterocycles. The normalized spacial score (nSPS) is 12.1. The number of hydrogen-bond acceptors (Lipinski definition) is 5. The Bertz CT molecular complexity index is 562. The van der Waals surface area contributed by atoms with Gasteiger partial charge in [-0.25, -0.2) is 17.9 Å². The molecule has 0 fully saturated rings. The van der Waals surface area contributed by atoms with Crippen molar-refractivity contribution in [1.82, 2.24) is 4.72 Å². The summed E-state index contributed by atoms with van der Waals surface area (Å²) in [6, 6.07) is 3.52. The molecule has 1 rings (SSSR count). The van der Waals surface area contributed by atoms with Gasteiger partial charge in [-0.05, 0) is 24.6 Å². The maximum atomic E-state index is 11.6. The molecule has 1 aromatic rings. The van der Waals surface area contributed by atoms with Gasteiger partial charge >= 0.3 is 5.97 Å². The van der Waals surface area contributed by atoms with E-state index in [0.717, 1.165) is 15.8 Å². The number of hydrogen-bond donors (Lipinski definition) is 2. The van der Waals surface area contributed by atoms with Crippen molar-refractivity contribution < 1.29 is 23.1 Å². The van der Waals surface area contributed by atoms with E-state index in [2.05, 4.69) is 4.72 Å². The van der Waals surface area contributed by atoms with Crippen LogP contribution in [-0.4, -0.2) is 39.0 Å². The molecule has 0 aliphatic heterocycles. The summed E-state index contributed by atoms with van der Waals surface area (Å²) in [6.45, 7) is 0.616. The number of carbonyl (C=O) groups is 1.